The molecule has 266 valence electrons. The van der Waals surface area contributed by atoms with E-state index in [4.69, 9.17) is 56.8 Å². The molecule has 0 fully saturated rings. The zero-order chi connectivity index (χ0) is 30.7. The van der Waals surface area contributed by atoms with E-state index in [2.05, 4.69) is 6.92 Å². The molecule has 0 aromatic rings. The normalized spacial score (nSPS) is 12.9. The van der Waals surface area contributed by atoms with Gasteiger partial charge in [-0.15, -0.1) is 0 Å². The van der Waals surface area contributed by atoms with E-state index in [1.54, 1.807) is 40.2 Å². The van der Waals surface area contributed by atoms with Crippen LogP contribution in [0.15, 0.2) is 0 Å². The topological polar surface area (TPSA) is 111 Å². The largest absolute Gasteiger partial charge is 0.382 e. The van der Waals surface area contributed by atoms with Gasteiger partial charge in [0.1, 0.15) is 12.2 Å². The van der Waals surface area contributed by atoms with Gasteiger partial charge in [-0.3, -0.25) is 0 Å². The highest BCUT2D eigenvalue weighted by Gasteiger charge is 2.31. The molecule has 3 unspecified atom stereocenters. The minimum Gasteiger partial charge on any atom is -0.382 e. The molecule has 0 aliphatic rings. The van der Waals surface area contributed by atoms with Crippen LogP contribution >= 0.6 is 11.8 Å². The molecule has 0 aromatic carbocycles. The van der Waals surface area contributed by atoms with Crippen LogP contribution in [-0.4, -0.2) is 172 Å². The van der Waals surface area contributed by atoms with Crippen molar-refractivity contribution in [1.29, 1.82) is 0 Å². The first kappa shape index (κ1) is 49.7. The summed E-state index contributed by atoms with van der Waals surface area (Å²) in [6.07, 6.45) is 3.79. The molecule has 0 heterocycles. The predicted octanol–water partition coefficient (Wildman–Crippen LogP) is 3.47. The quantitative estimate of drug-likeness (QED) is 0.0991. The number of methoxy groups -OCH3 is 4. The summed E-state index contributed by atoms with van der Waals surface area (Å²) in [7, 11) is 6.56. The van der Waals surface area contributed by atoms with Gasteiger partial charge in [-0.25, -0.2) is 0 Å². The Hall–Kier alpha value is -0.130. The Morgan fingerprint density at radius 1 is 0.419 bits per heavy atom. The summed E-state index contributed by atoms with van der Waals surface area (Å²) in [4.78, 5) is 0. The second kappa shape index (κ2) is 44.0. The molecule has 0 rings (SSSR count). The Balaban J connectivity index is -0.00000145. The summed E-state index contributed by atoms with van der Waals surface area (Å²) >= 11 is 1.75. The smallest absolute Gasteiger partial charge is 0.112 e. The first-order chi connectivity index (χ1) is 20.2. The molecule has 0 bridgehead atoms. The van der Waals surface area contributed by atoms with Gasteiger partial charge in [0.2, 0.25) is 0 Å². The maximum Gasteiger partial charge on any atom is 0.112 e. The molecule has 3 atom stereocenters. The third-order valence-electron chi connectivity index (χ3n) is 5.17. The molecule has 13 heteroatoms. The average molecular weight is 653 g/mol. The van der Waals surface area contributed by atoms with E-state index < -0.39 is 12.2 Å². The molecule has 0 N–H and O–H groups in total. The Bertz CT molecular complexity index is 469. The van der Waals surface area contributed by atoms with Gasteiger partial charge in [-0.2, -0.15) is 11.8 Å². The molecular formula is C30H68O12S. The molecule has 0 aliphatic heterocycles. The lowest BCUT2D eigenvalue weighted by Gasteiger charge is -2.33. The van der Waals surface area contributed by atoms with E-state index in [-0.39, 0.29) is 21.0 Å². The minimum absolute atomic E-state index is 0. The average Bonchev–Trinajstić information content (AvgIpc) is 2.98. The first-order valence-electron chi connectivity index (χ1n) is 14.3. The third kappa shape index (κ3) is 36.2. The van der Waals surface area contributed by atoms with Gasteiger partial charge < -0.3 is 56.8 Å². The molecule has 12 nitrogen and oxygen atoms in total. The molecule has 0 spiro atoms. The van der Waals surface area contributed by atoms with Crippen LogP contribution in [0.5, 0.6) is 0 Å². The first-order valence-corrected chi connectivity index (χ1v) is 15.9. The number of hydrogen-bond acceptors (Lipinski definition) is 13. The van der Waals surface area contributed by atoms with Crippen LogP contribution < -0.4 is 0 Å². The van der Waals surface area contributed by atoms with Crippen molar-refractivity contribution in [3.8, 4) is 0 Å². The Morgan fingerprint density at radius 3 is 1.09 bits per heavy atom. The number of ether oxygens (including phenoxy) is 12. The van der Waals surface area contributed by atoms with Crippen molar-refractivity contribution in [2.75, 3.05) is 153 Å². The van der Waals surface area contributed by atoms with Gasteiger partial charge in [-0.1, -0.05) is 21.8 Å². The lowest BCUT2D eigenvalue weighted by Crippen LogP contribution is -2.46. The van der Waals surface area contributed by atoms with Crippen molar-refractivity contribution in [2.45, 2.75) is 46.5 Å². The second-order valence-electron chi connectivity index (χ2n) is 8.47. The van der Waals surface area contributed by atoms with Gasteiger partial charge in [0.05, 0.1) is 118 Å². The predicted molar refractivity (Wildman–Crippen MR) is 174 cm³/mol. The molecule has 0 aliphatic carbocycles. The summed E-state index contributed by atoms with van der Waals surface area (Å²) in [6, 6.07) is 0. The molecule has 0 radical (unpaired) electrons. The molecule has 0 saturated carbocycles. The van der Waals surface area contributed by atoms with Crippen LogP contribution in [0.3, 0.4) is 0 Å². The number of rotatable bonds is 32. The Kier molecular flexibility index (Phi) is 50.9. The van der Waals surface area contributed by atoms with Crippen LogP contribution in [-0.2, 0) is 56.8 Å². The summed E-state index contributed by atoms with van der Waals surface area (Å²) < 4.78 is 66.8. The van der Waals surface area contributed by atoms with E-state index in [0.717, 1.165) is 6.42 Å². The maximum absolute atomic E-state index is 6.27. The van der Waals surface area contributed by atoms with Crippen LogP contribution in [0.25, 0.3) is 0 Å². The van der Waals surface area contributed by atoms with Gasteiger partial charge in [0.25, 0.3) is 0 Å². The summed E-state index contributed by atoms with van der Waals surface area (Å²) in [5.41, 5.74) is 0. The molecule has 0 saturated heterocycles. The fraction of sp³-hybridized carbons (Fsp3) is 1.00. The molecule has 0 aromatic heterocycles. The lowest BCUT2D eigenvalue weighted by atomic mass is 10.1. The van der Waals surface area contributed by atoms with E-state index in [9.17, 15) is 0 Å². The molecular weight excluding hydrogens is 584 g/mol. The van der Waals surface area contributed by atoms with E-state index in [0.29, 0.717) is 112 Å². The highest BCUT2D eigenvalue weighted by Crippen LogP contribution is 2.17. The monoisotopic (exact) mass is 652 g/mol. The fourth-order valence-corrected chi connectivity index (χ4v) is 3.19. The Morgan fingerprint density at radius 2 is 0.721 bits per heavy atom. The van der Waals surface area contributed by atoms with Crippen molar-refractivity contribution in [2.24, 2.45) is 0 Å². The van der Waals surface area contributed by atoms with Gasteiger partial charge >= 0.3 is 0 Å². The SMILES string of the molecule is C.C.CCC(OCCOCCOC)C(OCCOCCOC)C(COCCOCCOC)OCCOCCOC.CSC. The van der Waals surface area contributed by atoms with Gasteiger partial charge in [0.15, 0.2) is 0 Å². The van der Waals surface area contributed by atoms with E-state index in [1.807, 2.05) is 12.5 Å². The highest BCUT2D eigenvalue weighted by molar-refractivity contribution is 7.97. The van der Waals surface area contributed by atoms with E-state index >= 15 is 0 Å². The second-order valence-corrected chi connectivity index (χ2v) is 9.28. The summed E-state index contributed by atoms with van der Waals surface area (Å²) in [5.74, 6) is 0. The van der Waals surface area contributed by atoms with Crippen LogP contribution in [0.1, 0.15) is 28.2 Å². The van der Waals surface area contributed by atoms with Gasteiger partial charge in [-0.05, 0) is 18.9 Å². The van der Waals surface area contributed by atoms with Crippen LogP contribution in [0.4, 0.5) is 0 Å². The van der Waals surface area contributed by atoms with E-state index in [1.165, 1.54) is 0 Å². The fourth-order valence-electron chi connectivity index (χ4n) is 3.19. The number of thioether (sulfide) groups is 1. The van der Waals surface area contributed by atoms with Crippen molar-refractivity contribution < 1.29 is 56.8 Å². The maximum atomic E-state index is 6.27. The van der Waals surface area contributed by atoms with Crippen molar-refractivity contribution in [3.05, 3.63) is 0 Å². The van der Waals surface area contributed by atoms with Gasteiger partial charge in [0, 0.05) is 28.4 Å². The Labute approximate surface area is 268 Å². The molecule has 43 heavy (non-hydrogen) atoms. The van der Waals surface area contributed by atoms with Crippen LogP contribution in [0, 0.1) is 0 Å². The standard InChI is InChI=1S/C26H54O12.C2H6S.2CH4/c1-6-24(36-20-17-32-12-8-28-3)26(38-22-19-34-14-10-30-5)25(37-21-18-33-13-9-29-4)23-35-16-15-31-11-7-27-2;1-3-2;;/h24-26H,6-23H2,1-5H3;1-2H3;2*1H4. The van der Waals surface area contributed by atoms with Crippen molar-refractivity contribution in [1.82, 2.24) is 0 Å². The number of hydrogen-bond donors (Lipinski definition) is 0. The highest BCUT2D eigenvalue weighted by atomic mass is 32.2. The van der Waals surface area contributed by atoms with Crippen LogP contribution in [0.2, 0.25) is 0 Å². The zero-order valence-electron chi connectivity index (χ0n) is 26.8. The minimum atomic E-state index is -0.390. The molecule has 0 amide bonds. The van der Waals surface area contributed by atoms with Crippen molar-refractivity contribution in [3.63, 3.8) is 0 Å². The van der Waals surface area contributed by atoms with Crippen molar-refractivity contribution >= 4 is 11.8 Å². The summed E-state index contributed by atoms with van der Waals surface area (Å²) in [6.45, 7) is 9.93. The zero-order valence-corrected chi connectivity index (χ0v) is 27.6. The lowest BCUT2D eigenvalue weighted by molar-refractivity contribution is -0.169. The summed E-state index contributed by atoms with van der Waals surface area (Å²) in [5, 5.41) is 0. The third-order valence-corrected chi connectivity index (χ3v) is 5.17.